The SMILES string of the molecule is CCC(CC)NCc1cc(F)c(F)c(F)c1. The van der Waals surface area contributed by atoms with Gasteiger partial charge in [0.2, 0.25) is 0 Å². The maximum absolute atomic E-state index is 12.9. The fourth-order valence-electron chi connectivity index (χ4n) is 1.55. The summed E-state index contributed by atoms with van der Waals surface area (Å²) in [7, 11) is 0. The van der Waals surface area contributed by atoms with Gasteiger partial charge in [0.05, 0.1) is 0 Å². The number of rotatable bonds is 5. The fourth-order valence-corrected chi connectivity index (χ4v) is 1.55. The lowest BCUT2D eigenvalue weighted by molar-refractivity contribution is 0.440. The van der Waals surface area contributed by atoms with Crippen LogP contribution in [0.3, 0.4) is 0 Å². The quantitative estimate of drug-likeness (QED) is 0.766. The van der Waals surface area contributed by atoms with E-state index >= 15 is 0 Å². The van der Waals surface area contributed by atoms with Gasteiger partial charge >= 0.3 is 0 Å². The minimum Gasteiger partial charge on any atom is -0.310 e. The Morgan fingerprint density at radius 1 is 1.06 bits per heavy atom. The van der Waals surface area contributed by atoms with Crippen molar-refractivity contribution in [3.8, 4) is 0 Å². The Labute approximate surface area is 93.7 Å². The van der Waals surface area contributed by atoms with E-state index in [2.05, 4.69) is 5.32 Å². The zero-order valence-corrected chi connectivity index (χ0v) is 9.49. The summed E-state index contributed by atoms with van der Waals surface area (Å²) in [5, 5.41) is 3.15. The summed E-state index contributed by atoms with van der Waals surface area (Å²) < 4.78 is 38.4. The Hall–Kier alpha value is -1.03. The second-order valence-corrected chi connectivity index (χ2v) is 3.77. The minimum atomic E-state index is -1.41. The molecule has 0 aliphatic carbocycles. The first-order valence-electron chi connectivity index (χ1n) is 5.45. The first-order valence-corrected chi connectivity index (χ1v) is 5.45. The smallest absolute Gasteiger partial charge is 0.194 e. The molecule has 0 aliphatic heterocycles. The van der Waals surface area contributed by atoms with Crippen molar-refractivity contribution in [3.63, 3.8) is 0 Å². The Bertz CT molecular complexity index is 325. The molecule has 0 unspecified atom stereocenters. The number of nitrogens with one attached hydrogen (secondary N) is 1. The van der Waals surface area contributed by atoms with Gasteiger partial charge in [0.1, 0.15) is 0 Å². The summed E-state index contributed by atoms with van der Waals surface area (Å²) in [5.41, 5.74) is 0.420. The summed E-state index contributed by atoms with van der Waals surface area (Å²) in [5.74, 6) is -3.69. The van der Waals surface area contributed by atoms with Crippen LogP contribution in [0, 0.1) is 17.5 Å². The summed E-state index contributed by atoms with van der Waals surface area (Å²) in [6.07, 6.45) is 1.89. The molecule has 0 aliphatic rings. The van der Waals surface area contributed by atoms with E-state index in [1.807, 2.05) is 13.8 Å². The van der Waals surface area contributed by atoms with E-state index in [9.17, 15) is 13.2 Å². The molecule has 1 N–H and O–H groups in total. The van der Waals surface area contributed by atoms with E-state index < -0.39 is 17.5 Å². The molecule has 0 heterocycles. The van der Waals surface area contributed by atoms with Gasteiger partial charge in [0, 0.05) is 12.6 Å². The lowest BCUT2D eigenvalue weighted by atomic mass is 10.1. The highest BCUT2D eigenvalue weighted by Gasteiger charge is 2.11. The molecule has 16 heavy (non-hydrogen) atoms. The largest absolute Gasteiger partial charge is 0.310 e. The number of hydrogen-bond donors (Lipinski definition) is 1. The van der Waals surface area contributed by atoms with E-state index in [1.54, 1.807) is 0 Å². The van der Waals surface area contributed by atoms with E-state index in [-0.39, 0.29) is 0 Å². The standard InChI is InChI=1S/C12H16F3N/c1-3-9(4-2)16-7-8-5-10(13)12(15)11(14)6-8/h5-6,9,16H,3-4,7H2,1-2H3. The number of benzene rings is 1. The van der Waals surface area contributed by atoms with Crippen LogP contribution in [-0.4, -0.2) is 6.04 Å². The van der Waals surface area contributed by atoms with Crippen LogP contribution in [0.1, 0.15) is 32.3 Å². The topological polar surface area (TPSA) is 12.0 Å². The summed E-state index contributed by atoms with van der Waals surface area (Å²) in [4.78, 5) is 0. The molecule has 0 saturated carbocycles. The number of halogens is 3. The van der Waals surface area contributed by atoms with Crippen molar-refractivity contribution in [1.29, 1.82) is 0 Å². The maximum Gasteiger partial charge on any atom is 0.194 e. The molecule has 0 fully saturated rings. The van der Waals surface area contributed by atoms with Crippen LogP contribution >= 0.6 is 0 Å². The molecule has 0 radical (unpaired) electrons. The van der Waals surface area contributed by atoms with Gasteiger partial charge in [-0.3, -0.25) is 0 Å². The second kappa shape index (κ2) is 5.89. The zero-order chi connectivity index (χ0) is 12.1. The summed E-state index contributed by atoms with van der Waals surface area (Å²) in [6.45, 7) is 4.42. The molecule has 0 atom stereocenters. The Morgan fingerprint density at radius 2 is 1.56 bits per heavy atom. The molecule has 4 heteroatoms. The fraction of sp³-hybridized carbons (Fsp3) is 0.500. The van der Waals surface area contributed by atoms with E-state index in [4.69, 9.17) is 0 Å². The second-order valence-electron chi connectivity index (χ2n) is 3.77. The first kappa shape index (κ1) is 13.0. The molecule has 0 saturated heterocycles. The van der Waals surface area contributed by atoms with E-state index in [0.717, 1.165) is 25.0 Å². The lowest BCUT2D eigenvalue weighted by Crippen LogP contribution is -2.27. The van der Waals surface area contributed by atoms with Gasteiger partial charge in [-0.25, -0.2) is 13.2 Å². The first-order chi connectivity index (χ1) is 7.58. The van der Waals surface area contributed by atoms with Crippen molar-refractivity contribution < 1.29 is 13.2 Å². The lowest BCUT2D eigenvalue weighted by Gasteiger charge is -2.14. The van der Waals surface area contributed by atoms with Crippen LogP contribution in [0.2, 0.25) is 0 Å². The molecule has 0 aromatic heterocycles. The average Bonchev–Trinajstić information content (AvgIpc) is 2.27. The van der Waals surface area contributed by atoms with Crippen LogP contribution in [0.4, 0.5) is 13.2 Å². The van der Waals surface area contributed by atoms with Crippen molar-refractivity contribution >= 4 is 0 Å². The van der Waals surface area contributed by atoms with E-state index in [1.165, 1.54) is 0 Å². The van der Waals surface area contributed by atoms with Gasteiger partial charge in [-0.2, -0.15) is 0 Å². The van der Waals surface area contributed by atoms with Crippen LogP contribution in [0.15, 0.2) is 12.1 Å². The molecule has 1 aromatic carbocycles. The van der Waals surface area contributed by atoms with Crippen LogP contribution in [-0.2, 0) is 6.54 Å². The molecule has 0 spiro atoms. The molecule has 1 rings (SSSR count). The average molecular weight is 231 g/mol. The van der Waals surface area contributed by atoms with Crippen LogP contribution < -0.4 is 5.32 Å². The Morgan fingerprint density at radius 3 is 2.00 bits per heavy atom. The van der Waals surface area contributed by atoms with Gasteiger partial charge in [0.25, 0.3) is 0 Å². The van der Waals surface area contributed by atoms with E-state index in [0.29, 0.717) is 18.2 Å². The Kier molecular flexibility index (Phi) is 4.80. The van der Waals surface area contributed by atoms with Crippen molar-refractivity contribution in [2.75, 3.05) is 0 Å². The minimum absolute atomic E-state index is 0.316. The van der Waals surface area contributed by atoms with Crippen molar-refractivity contribution in [1.82, 2.24) is 5.32 Å². The highest BCUT2D eigenvalue weighted by molar-refractivity contribution is 5.19. The highest BCUT2D eigenvalue weighted by Crippen LogP contribution is 2.13. The molecule has 90 valence electrons. The monoisotopic (exact) mass is 231 g/mol. The molecule has 1 nitrogen and oxygen atoms in total. The maximum atomic E-state index is 12.9. The predicted molar refractivity (Wildman–Crippen MR) is 57.5 cm³/mol. The van der Waals surface area contributed by atoms with Gasteiger partial charge < -0.3 is 5.32 Å². The van der Waals surface area contributed by atoms with Gasteiger partial charge in [-0.15, -0.1) is 0 Å². The normalized spacial score (nSPS) is 11.1. The summed E-state index contributed by atoms with van der Waals surface area (Å²) in [6, 6.07) is 2.36. The third kappa shape index (κ3) is 3.23. The summed E-state index contributed by atoms with van der Waals surface area (Å²) >= 11 is 0. The third-order valence-electron chi connectivity index (χ3n) is 2.62. The van der Waals surface area contributed by atoms with Crippen LogP contribution in [0.25, 0.3) is 0 Å². The Balaban J connectivity index is 2.68. The van der Waals surface area contributed by atoms with Crippen molar-refractivity contribution in [2.45, 2.75) is 39.3 Å². The molecule has 0 amide bonds. The third-order valence-corrected chi connectivity index (χ3v) is 2.62. The number of hydrogen-bond acceptors (Lipinski definition) is 1. The van der Waals surface area contributed by atoms with Gasteiger partial charge in [-0.1, -0.05) is 13.8 Å². The molecular formula is C12H16F3N. The predicted octanol–water partition coefficient (Wildman–Crippen LogP) is 3.38. The van der Waals surface area contributed by atoms with Crippen LogP contribution in [0.5, 0.6) is 0 Å². The molecule has 0 bridgehead atoms. The zero-order valence-electron chi connectivity index (χ0n) is 9.49. The van der Waals surface area contributed by atoms with Gasteiger partial charge in [-0.05, 0) is 30.5 Å². The highest BCUT2D eigenvalue weighted by atomic mass is 19.2. The molecule has 1 aromatic rings. The van der Waals surface area contributed by atoms with Gasteiger partial charge in [0.15, 0.2) is 17.5 Å². The van der Waals surface area contributed by atoms with Crippen molar-refractivity contribution in [2.24, 2.45) is 0 Å². The molecular weight excluding hydrogens is 215 g/mol. The van der Waals surface area contributed by atoms with Crippen molar-refractivity contribution in [3.05, 3.63) is 35.1 Å².